The molecule has 0 unspecified atom stereocenters. The molecule has 37 heavy (non-hydrogen) atoms. The van der Waals surface area contributed by atoms with E-state index in [1.54, 1.807) is 0 Å². The summed E-state index contributed by atoms with van der Waals surface area (Å²) in [7, 11) is 0. The van der Waals surface area contributed by atoms with Gasteiger partial charge in [0.25, 0.3) is 0 Å². The molecule has 11 heteroatoms. The number of nitrogens with one attached hydrogen (secondary N) is 3. The largest absolute Gasteiger partial charge is 0.505 e. The van der Waals surface area contributed by atoms with Crippen molar-refractivity contribution in [2.75, 3.05) is 11.1 Å². The molecule has 0 spiro atoms. The van der Waals surface area contributed by atoms with Gasteiger partial charge in [0, 0.05) is 40.5 Å². The molecule has 194 valence electrons. The summed E-state index contributed by atoms with van der Waals surface area (Å²) in [6.07, 6.45) is -0.348. The molecule has 9 nitrogen and oxygen atoms in total. The maximum atomic E-state index is 14.4. The number of aromatic carboxylic acids is 1. The van der Waals surface area contributed by atoms with E-state index in [2.05, 4.69) is 10.6 Å². The summed E-state index contributed by atoms with van der Waals surface area (Å²) in [4.78, 5) is 24.5. The van der Waals surface area contributed by atoms with Gasteiger partial charge in [-0.05, 0) is 49.7 Å². The molecule has 3 rings (SSSR count). The van der Waals surface area contributed by atoms with Crippen molar-refractivity contribution in [2.24, 2.45) is 5.73 Å². The van der Waals surface area contributed by atoms with Gasteiger partial charge < -0.3 is 32.3 Å². The number of rotatable bonds is 9. The monoisotopic (exact) mass is 527 g/mol. The first-order valence-corrected chi connectivity index (χ1v) is 11.6. The third-order valence-electron chi connectivity index (χ3n) is 5.47. The number of amides is 1. The molecule has 3 aromatic carbocycles. The summed E-state index contributed by atoms with van der Waals surface area (Å²) in [5.74, 6) is -2.91. The minimum atomic E-state index is -1.20. The molecule has 1 amide bonds. The van der Waals surface area contributed by atoms with Crippen LogP contribution in [0.5, 0.6) is 5.75 Å². The van der Waals surface area contributed by atoms with Crippen molar-refractivity contribution in [3.8, 4) is 16.9 Å². The van der Waals surface area contributed by atoms with Crippen LogP contribution in [-0.2, 0) is 17.8 Å². The lowest BCUT2D eigenvalue weighted by Gasteiger charge is -2.20. The highest BCUT2D eigenvalue weighted by Crippen LogP contribution is 2.43. The molecule has 3 aromatic rings. The van der Waals surface area contributed by atoms with Gasteiger partial charge in [0.15, 0.2) is 0 Å². The number of carboxylic acid groups (broad SMARTS) is 1. The number of carboxylic acids is 1. The highest BCUT2D eigenvalue weighted by molar-refractivity contribution is 6.34. The number of amidine groups is 1. The first-order valence-electron chi connectivity index (χ1n) is 11.2. The van der Waals surface area contributed by atoms with Crippen LogP contribution in [0.3, 0.4) is 0 Å². The van der Waals surface area contributed by atoms with Gasteiger partial charge >= 0.3 is 5.97 Å². The lowest BCUT2D eigenvalue weighted by atomic mass is 9.93. The Hall–Kier alpha value is -4.31. The maximum absolute atomic E-state index is 14.4. The van der Waals surface area contributed by atoms with Crippen LogP contribution in [0.4, 0.5) is 15.8 Å². The fraction of sp³-hybridized carbons (Fsp3) is 0.192. The van der Waals surface area contributed by atoms with Crippen LogP contribution in [0.25, 0.3) is 11.1 Å². The van der Waals surface area contributed by atoms with Crippen LogP contribution in [0.15, 0.2) is 42.5 Å². The molecule has 0 bridgehead atoms. The van der Waals surface area contributed by atoms with Gasteiger partial charge in [-0.2, -0.15) is 0 Å². The first kappa shape index (κ1) is 27.3. The van der Waals surface area contributed by atoms with Gasteiger partial charge in [0.2, 0.25) is 5.91 Å². The second-order valence-electron chi connectivity index (χ2n) is 8.73. The second kappa shape index (κ2) is 11.2. The summed E-state index contributed by atoms with van der Waals surface area (Å²) >= 11 is 6.58. The van der Waals surface area contributed by atoms with Crippen LogP contribution in [0.2, 0.25) is 5.02 Å². The number of phenols is 1. The van der Waals surface area contributed by atoms with Crippen molar-refractivity contribution in [3.63, 3.8) is 0 Å². The molecule has 0 saturated carbocycles. The molecule has 9 N–H and O–H groups in total. The fourth-order valence-electron chi connectivity index (χ4n) is 3.79. The van der Waals surface area contributed by atoms with E-state index in [1.165, 1.54) is 36.4 Å². The normalized spacial score (nSPS) is 10.8. The molecule has 0 heterocycles. The molecule has 0 saturated heterocycles. The lowest BCUT2D eigenvalue weighted by Crippen LogP contribution is -2.25. The fourth-order valence-corrected chi connectivity index (χ4v) is 4.12. The molecule has 0 fully saturated rings. The first-order chi connectivity index (χ1) is 17.4. The number of nitrogens with two attached hydrogens (primary N) is 2. The third kappa shape index (κ3) is 6.47. The van der Waals surface area contributed by atoms with Crippen LogP contribution in [0.1, 0.15) is 40.9 Å². The number of hydrogen-bond acceptors (Lipinski definition) is 6. The van der Waals surface area contributed by atoms with Crippen molar-refractivity contribution >= 4 is 40.7 Å². The van der Waals surface area contributed by atoms with E-state index < -0.39 is 17.7 Å². The molecule has 0 atom stereocenters. The van der Waals surface area contributed by atoms with Crippen LogP contribution >= 0.6 is 11.6 Å². The van der Waals surface area contributed by atoms with Crippen molar-refractivity contribution in [1.82, 2.24) is 5.32 Å². The zero-order valence-electron chi connectivity index (χ0n) is 20.2. The molecule has 0 aliphatic heterocycles. The maximum Gasteiger partial charge on any atom is 0.335 e. The van der Waals surface area contributed by atoms with E-state index in [-0.39, 0.29) is 69.1 Å². The van der Waals surface area contributed by atoms with Crippen molar-refractivity contribution in [1.29, 1.82) is 5.41 Å². The molecule has 0 aliphatic rings. The summed E-state index contributed by atoms with van der Waals surface area (Å²) < 4.78 is 14.4. The highest BCUT2D eigenvalue weighted by atomic mass is 35.5. The van der Waals surface area contributed by atoms with Crippen LogP contribution in [0, 0.1) is 11.2 Å². The quantitative estimate of drug-likeness (QED) is 0.0948. The topological polar surface area (TPSA) is 175 Å². The van der Waals surface area contributed by atoms with Gasteiger partial charge in [-0.1, -0.05) is 23.7 Å². The second-order valence-corrected chi connectivity index (χ2v) is 9.14. The molecular formula is C26H27ClFN5O4. The smallest absolute Gasteiger partial charge is 0.335 e. The Bertz CT molecular complexity index is 1390. The number of nitrogen functional groups attached to an aromatic ring is 2. The number of aromatic hydroxyl groups is 1. The van der Waals surface area contributed by atoms with Gasteiger partial charge in [0.05, 0.1) is 22.7 Å². The Balaban J connectivity index is 1.99. The average molecular weight is 528 g/mol. The Morgan fingerprint density at radius 1 is 1.14 bits per heavy atom. The summed E-state index contributed by atoms with van der Waals surface area (Å²) in [6.45, 7) is 3.56. The van der Waals surface area contributed by atoms with E-state index in [0.717, 1.165) is 6.07 Å². The lowest BCUT2D eigenvalue weighted by molar-refractivity contribution is -0.120. The Kier molecular flexibility index (Phi) is 8.24. The zero-order chi connectivity index (χ0) is 27.4. The average Bonchev–Trinajstić information content (AvgIpc) is 2.80. The molecule has 0 aliphatic carbocycles. The Morgan fingerprint density at radius 2 is 1.84 bits per heavy atom. The minimum Gasteiger partial charge on any atom is -0.505 e. The number of benzene rings is 3. The molecular weight excluding hydrogens is 501 g/mol. The van der Waals surface area contributed by atoms with E-state index in [9.17, 15) is 24.2 Å². The number of phenolic OH excluding ortho intramolecular Hbond substituents is 1. The Labute approximate surface area is 217 Å². The molecule has 0 aromatic heterocycles. The number of anilines is 2. The summed E-state index contributed by atoms with van der Waals surface area (Å²) in [5.41, 5.74) is 12.7. The summed E-state index contributed by atoms with van der Waals surface area (Å²) in [5, 5.41) is 33.8. The van der Waals surface area contributed by atoms with Gasteiger partial charge in [-0.25, -0.2) is 9.18 Å². The van der Waals surface area contributed by atoms with Crippen LogP contribution < -0.4 is 22.1 Å². The zero-order valence-corrected chi connectivity index (χ0v) is 20.9. The highest BCUT2D eigenvalue weighted by Gasteiger charge is 2.22. The van der Waals surface area contributed by atoms with E-state index >= 15 is 0 Å². The Morgan fingerprint density at radius 3 is 2.43 bits per heavy atom. The predicted octanol–water partition coefficient (Wildman–Crippen LogP) is 4.10. The van der Waals surface area contributed by atoms with E-state index in [4.69, 9.17) is 28.5 Å². The van der Waals surface area contributed by atoms with Crippen LogP contribution in [-0.4, -0.2) is 34.0 Å². The number of halogens is 2. The minimum absolute atomic E-state index is 0.0681. The number of hydrogen-bond donors (Lipinski definition) is 7. The standard InChI is InChI=1S/C26H27ClFN5O4/c1-12(2)33-21-10-19(27)23(15-5-16(26(36)37)7-17(29)6-15)18(24(21)35)9-22(34)32-11-14-4-3-13(25(30)31)8-20(14)28/h3-8,10,12,33,35H,9,11,29H2,1-2H3,(H3,30,31)(H,32,34)(H,36,37). The van der Waals surface area contributed by atoms with Gasteiger partial charge in [0.1, 0.15) is 17.4 Å². The van der Waals surface area contributed by atoms with E-state index in [0.29, 0.717) is 11.3 Å². The van der Waals surface area contributed by atoms with Crippen molar-refractivity contribution in [3.05, 3.63) is 75.6 Å². The summed E-state index contributed by atoms with van der Waals surface area (Å²) in [6, 6.07) is 9.54. The third-order valence-corrected chi connectivity index (χ3v) is 5.76. The predicted molar refractivity (Wildman–Crippen MR) is 142 cm³/mol. The SMILES string of the molecule is CC(C)Nc1cc(Cl)c(-c2cc(N)cc(C(=O)O)c2)c(CC(=O)NCc2ccc(C(=N)N)cc2F)c1O. The van der Waals surface area contributed by atoms with Gasteiger partial charge in [-0.3, -0.25) is 10.2 Å². The van der Waals surface area contributed by atoms with E-state index in [1.807, 2.05) is 13.8 Å². The van der Waals surface area contributed by atoms with Gasteiger partial charge in [-0.15, -0.1) is 0 Å². The van der Waals surface area contributed by atoms with Crippen molar-refractivity contribution < 1.29 is 24.2 Å². The number of carbonyl (C=O) groups excluding carboxylic acids is 1. The number of carbonyl (C=O) groups is 2. The molecule has 0 radical (unpaired) electrons. The van der Waals surface area contributed by atoms with Crippen molar-refractivity contribution in [2.45, 2.75) is 32.9 Å².